The Kier molecular flexibility index (Phi) is 4.45. The van der Waals surface area contributed by atoms with E-state index in [0.717, 1.165) is 28.9 Å². The van der Waals surface area contributed by atoms with E-state index in [-0.39, 0.29) is 11.4 Å². The Bertz CT molecular complexity index is 573. The van der Waals surface area contributed by atoms with Gasteiger partial charge in [-0.3, -0.25) is 0 Å². The van der Waals surface area contributed by atoms with Gasteiger partial charge in [0.25, 0.3) is 0 Å². The first-order valence-corrected chi connectivity index (χ1v) is 7.08. The molecule has 0 aliphatic rings. The molecule has 1 N–H and O–H groups in total. The van der Waals surface area contributed by atoms with Crippen LogP contribution in [0, 0.1) is 0 Å². The second-order valence-electron chi connectivity index (χ2n) is 4.37. The minimum Gasteiger partial charge on any atom is -0.315 e. The van der Waals surface area contributed by atoms with Crippen LogP contribution in [-0.4, -0.2) is 12.0 Å². The smallest absolute Gasteiger partial charge is 0.315 e. The minimum atomic E-state index is -4.41. The SMILES string of the molecule is CCc1ccc(-c2nc(C(F)(F)F)c(CNC)s2)cc1. The number of hydrogen-bond donors (Lipinski definition) is 1. The molecule has 0 saturated carbocycles. The van der Waals surface area contributed by atoms with E-state index in [2.05, 4.69) is 10.3 Å². The predicted molar refractivity (Wildman–Crippen MR) is 74.7 cm³/mol. The van der Waals surface area contributed by atoms with E-state index in [1.54, 1.807) is 7.05 Å². The zero-order chi connectivity index (χ0) is 14.8. The molecule has 1 aromatic carbocycles. The molecule has 1 heterocycles. The van der Waals surface area contributed by atoms with Gasteiger partial charge in [-0.2, -0.15) is 13.2 Å². The number of thiazole rings is 1. The molecule has 0 fully saturated rings. The topological polar surface area (TPSA) is 24.9 Å². The minimum absolute atomic E-state index is 0.166. The van der Waals surface area contributed by atoms with Crippen molar-refractivity contribution in [2.45, 2.75) is 26.1 Å². The predicted octanol–water partition coefficient (Wildman–Crippen LogP) is 4.11. The van der Waals surface area contributed by atoms with Crippen LogP contribution in [0.4, 0.5) is 13.2 Å². The lowest BCUT2D eigenvalue weighted by molar-refractivity contribution is -0.141. The van der Waals surface area contributed by atoms with Gasteiger partial charge in [0.1, 0.15) is 5.01 Å². The molecule has 0 saturated heterocycles. The Hall–Kier alpha value is -1.40. The lowest BCUT2D eigenvalue weighted by atomic mass is 10.1. The molecule has 0 amide bonds. The summed E-state index contributed by atoms with van der Waals surface area (Å²) in [6.45, 7) is 2.20. The molecule has 0 radical (unpaired) electrons. The summed E-state index contributed by atoms with van der Waals surface area (Å²) in [6, 6.07) is 7.48. The average molecular weight is 300 g/mol. The molecule has 2 aromatic rings. The number of rotatable bonds is 4. The van der Waals surface area contributed by atoms with Crippen LogP contribution in [0.5, 0.6) is 0 Å². The average Bonchev–Trinajstić information content (AvgIpc) is 2.83. The van der Waals surface area contributed by atoms with Crippen molar-refractivity contribution in [3.63, 3.8) is 0 Å². The van der Waals surface area contributed by atoms with Gasteiger partial charge in [0, 0.05) is 12.1 Å². The van der Waals surface area contributed by atoms with Gasteiger partial charge in [-0.25, -0.2) is 4.98 Å². The number of alkyl halides is 3. The number of halogens is 3. The van der Waals surface area contributed by atoms with Crippen molar-refractivity contribution in [1.29, 1.82) is 0 Å². The first kappa shape index (κ1) is 15.0. The van der Waals surface area contributed by atoms with Crippen LogP contribution in [0.1, 0.15) is 23.1 Å². The van der Waals surface area contributed by atoms with Gasteiger partial charge in [0.15, 0.2) is 5.69 Å². The summed E-state index contributed by atoms with van der Waals surface area (Å²) in [5.41, 5.74) is 1.09. The van der Waals surface area contributed by atoms with Crippen LogP contribution in [0.15, 0.2) is 24.3 Å². The molecule has 1 aromatic heterocycles. The maximum absolute atomic E-state index is 12.9. The molecule has 6 heteroatoms. The summed E-state index contributed by atoms with van der Waals surface area (Å²) in [5.74, 6) is 0. The van der Waals surface area contributed by atoms with Gasteiger partial charge in [-0.05, 0) is 19.0 Å². The van der Waals surface area contributed by atoms with E-state index in [0.29, 0.717) is 5.01 Å². The highest BCUT2D eigenvalue weighted by atomic mass is 32.1. The van der Waals surface area contributed by atoms with Gasteiger partial charge >= 0.3 is 6.18 Å². The number of nitrogens with one attached hydrogen (secondary N) is 1. The van der Waals surface area contributed by atoms with E-state index >= 15 is 0 Å². The number of aromatic nitrogens is 1. The Morgan fingerprint density at radius 3 is 2.35 bits per heavy atom. The third-order valence-electron chi connectivity index (χ3n) is 2.91. The number of benzene rings is 1. The van der Waals surface area contributed by atoms with Crippen LogP contribution >= 0.6 is 11.3 Å². The van der Waals surface area contributed by atoms with E-state index in [9.17, 15) is 13.2 Å². The van der Waals surface area contributed by atoms with Crippen LogP contribution in [0.25, 0.3) is 10.6 Å². The molecular weight excluding hydrogens is 285 g/mol. The Labute approximate surface area is 119 Å². The van der Waals surface area contributed by atoms with E-state index in [4.69, 9.17) is 0 Å². The molecule has 0 aliphatic heterocycles. The molecule has 0 unspecified atom stereocenters. The lowest BCUT2D eigenvalue weighted by Crippen LogP contribution is -2.12. The molecule has 108 valence electrons. The fourth-order valence-corrected chi connectivity index (χ4v) is 2.96. The first-order chi connectivity index (χ1) is 9.45. The maximum Gasteiger partial charge on any atom is 0.434 e. The molecular formula is C14H15F3N2S. The molecule has 0 spiro atoms. The van der Waals surface area contributed by atoms with Crippen molar-refractivity contribution >= 4 is 11.3 Å². The highest BCUT2D eigenvalue weighted by Gasteiger charge is 2.37. The summed E-state index contributed by atoms with van der Waals surface area (Å²) in [5, 5.41) is 3.16. The molecule has 0 bridgehead atoms. The summed E-state index contributed by atoms with van der Waals surface area (Å²) >= 11 is 1.08. The highest BCUT2D eigenvalue weighted by Crippen LogP contribution is 2.37. The summed E-state index contributed by atoms with van der Waals surface area (Å²) in [7, 11) is 1.62. The first-order valence-electron chi connectivity index (χ1n) is 6.26. The van der Waals surface area contributed by atoms with Crippen LogP contribution < -0.4 is 5.32 Å². The van der Waals surface area contributed by atoms with Crippen molar-refractivity contribution in [1.82, 2.24) is 10.3 Å². The maximum atomic E-state index is 12.9. The van der Waals surface area contributed by atoms with Gasteiger partial charge in [-0.15, -0.1) is 11.3 Å². The second kappa shape index (κ2) is 5.93. The monoisotopic (exact) mass is 300 g/mol. The zero-order valence-electron chi connectivity index (χ0n) is 11.2. The van der Waals surface area contributed by atoms with Crippen molar-refractivity contribution in [3.05, 3.63) is 40.4 Å². The van der Waals surface area contributed by atoms with E-state index < -0.39 is 11.9 Å². The third-order valence-corrected chi connectivity index (χ3v) is 4.02. The van der Waals surface area contributed by atoms with Crippen molar-refractivity contribution in [2.24, 2.45) is 0 Å². The number of hydrogen-bond acceptors (Lipinski definition) is 3. The van der Waals surface area contributed by atoms with Gasteiger partial charge in [0.2, 0.25) is 0 Å². The third kappa shape index (κ3) is 3.19. The van der Waals surface area contributed by atoms with E-state index in [1.165, 1.54) is 0 Å². The molecule has 0 atom stereocenters. The zero-order valence-corrected chi connectivity index (χ0v) is 12.0. The van der Waals surface area contributed by atoms with Gasteiger partial charge in [-0.1, -0.05) is 31.2 Å². The van der Waals surface area contributed by atoms with Crippen LogP contribution in [0.2, 0.25) is 0 Å². The largest absolute Gasteiger partial charge is 0.434 e. The number of nitrogens with zero attached hydrogens (tertiary/aromatic N) is 1. The van der Waals surface area contributed by atoms with Crippen molar-refractivity contribution in [3.8, 4) is 10.6 Å². The second-order valence-corrected chi connectivity index (χ2v) is 5.45. The van der Waals surface area contributed by atoms with E-state index in [1.807, 2.05) is 31.2 Å². The van der Waals surface area contributed by atoms with Crippen molar-refractivity contribution in [2.75, 3.05) is 7.05 Å². The molecule has 20 heavy (non-hydrogen) atoms. The number of aryl methyl sites for hydroxylation is 1. The Morgan fingerprint density at radius 2 is 1.85 bits per heavy atom. The van der Waals surface area contributed by atoms with Crippen molar-refractivity contribution < 1.29 is 13.2 Å². The van der Waals surface area contributed by atoms with Gasteiger partial charge in [0.05, 0.1) is 4.88 Å². The van der Waals surface area contributed by atoms with Crippen LogP contribution in [-0.2, 0) is 19.1 Å². The highest BCUT2D eigenvalue weighted by molar-refractivity contribution is 7.15. The van der Waals surface area contributed by atoms with Crippen LogP contribution in [0.3, 0.4) is 0 Å². The lowest BCUT2D eigenvalue weighted by Gasteiger charge is -2.04. The summed E-state index contributed by atoms with van der Waals surface area (Å²) < 4.78 is 38.8. The molecule has 2 nitrogen and oxygen atoms in total. The molecule has 2 rings (SSSR count). The molecule has 0 aliphatic carbocycles. The summed E-state index contributed by atoms with van der Waals surface area (Å²) in [6.07, 6.45) is -3.51. The standard InChI is InChI=1S/C14H15F3N2S/c1-3-9-4-6-10(7-5-9)13-19-12(14(15,16)17)11(20-13)8-18-2/h4-7,18H,3,8H2,1-2H3. The fourth-order valence-electron chi connectivity index (χ4n) is 1.86. The normalized spacial score (nSPS) is 11.8. The Balaban J connectivity index is 2.41. The quantitative estimate of drug-likeness (QED) is 0.919. The van der Waals surface area contributed by atoms with Gasteiger partial charge < -0.3 is 5.32 Å². The fraction of sp³-hybridized carbons (Fsp3) is 0.357. The Morgan fingerprint density at radius 1 is 1.20 bits per heavy atom. The summed E-state index contributed by atoms with van der Waals surface area (Å²) in [4.78, 5) is 4.00.